The molecule has 1 saturated carbocycles. The standard InChI is InChI=1S/C18H29N/c1-2-3-4-5-6-13-18(19)17-12-8-11-16(14-17)15-9-7-10-15/h8,11-12,14-15,18H,2-7,9-10,13,19H2,1H3. The van der Waals surface area contributed by atoms with E-state index in [0.717, 1.165) is 12.3 Å². The number of unbranched alkanes of at least 4 members (excludes halogenated alkanes) is 4. The Bertz CT molecular complexity index is 368. The average molecular weight is 259 g/mol. The van der Waals surface area contributed by atoms with Crippen molar-refractivity contribution in [2.24, 2.45) is 5.73 Å². The van der Waals surface area contributed by atoms with Gasteiger partial charge in [-0.25, -0.2) is 0 Å². The van der Waals surface area contributed by atoms with Crippen LogP contribution in [-0.2, 0) is 0 Å². The van der Waals surface area contributed by atoms with Gasteiger partial charge in [0, 0.05) is 6.04 Å². The van der Waals surface area contributed by atoms with Gasteiger partial charge in [0.2, 0.25) is 0 Å². The van der Waals surface area contributed by atoms with Crippen LogP contribution in [0.25, 0.3) is 0 Å². The predicted molar refractivity (Wildman–Crippen MR) is 83.3 cm³/mol. The third-order valence-corrected chi connectivity index (χ3v) is 4.53. The van der Waals surface area contributed by atoms with Gasteiger partial charge < -0.3 is 5.73 Å². The Morgan fingerprint density at radius 2 is 1.95 bits per heavy atom. The molecular formula is C18H29N. The summed E-state index contributed by atoms with van der Waals surface area (Å²) in [7, 11) is 0. The molecular weight excluding hydrogens is 230 g/mol. The average Bonchev–Trinajstić information content (AvgIpc) is 2.36. The van der Waals surface area contributed by atoms with Crippen LogP contribution in [-0.4, -0.2) is 0 Å². The fourth-order valence-corrected chi connectivity index (χ4v) is 2.92. The fourth-order valence-electron chi connectivity index (χ4n) is 2.92. The highest BCUT2D eigenvalue weighted by atomic mass is 14.6. The zero-order valence-corrected chi connectivity index (χ0v) is 12.4. The van der Waals surface area contributed by atoms with E-state index in [0.29, 0.717) is 0 Å². The summed E-state index contributed by atoms with van der Waals surface area (Å²) in [6.45, 7) is 2.26. The molecule has 1 nitrogen and oxygen atoms in total. The normalized spacial score (nSPS) is 17.2. The molecule has 1 fully saturated rings. The van der Waals surface area contributed by atoms with Gasteiger partial charge in [-0.1, -0.05) is 69.7 Å². The van der Waals surface area contributed by atoms with E-state index in [1.165, 1.54) is 62.5 Å². The Balaban J connectivity index is 1.79. The second kappa shape index (κ2) is 7.69. The van der Waals surface area contributed by atoms with Gasteiger partial charge in [0.05, 0.1) is 0 Å². The van der Waals surface area contributed by atoms with E-state index >= 15 is 0 Å². The van der Waals surface area contributed by atoms with Crippen LogP contribution < -0.4 is 5.73 Å². The number of hydrogen-bond donors (Lipinski definition) is 1. The van der Waals surface area contributed by atoms with Crippen molar-refractivity contribution in [1.29, 1.82) is 0 Å². The van der Waals surface area contributed by atoms with Crippen molar-refractivity contribution in [2.75, 3.05) is 0 Å². The highest BCUT2D eigenvalue weighted by molar-refractivity contribution is 5.29. The summed E-state index contributed by atoms with van der Waals surface area (Å²) in [6.07, 6.45) is 11.9. The molecule has 1 aromatic rings. The monoisotopic (exact) mass is 259 g/mol. The van der Waals surface area contributed by atoms with Gasteiger partial charge in [0.15, 0.2) is 0 Å². The molecule has 0 spiro atoms. The number of rotatable bonds is 8. The highest BCUT2D eigenvalue weighted by Gasteiger charge is 2.19. The van der Waals surface area contributed by atoms with Crippen LogP contribution in [0.1, 0.15) is 87.8 Å². The Hall–Kier alpha value is -0.820. The lowest BCUT2D eigenvalue weighted by atomic mass is 9.79. The second-order valence-electron chi connectivity index (χ2n) is 6.11. The molecule has 1 atom stereocenters. The Kier molecular flexibility index (Phi) is 5.91. The zero-order valence-electron chi connectivity index (χ0n) is 12.4. The minimum atomic E-state index is 0.238. The van der Waals surface area contributed by atoms with E-state index in [9.17, 15) is 0 Å². The number of hydrogen-bond acceptors (Lipinski definition) is 1. The molecule has 2 N–H and O–H groups in total. The molecule has 1 aromatic carbocycles. The minimum absolute atomic E-state index is 0.238. The van der Waals surface area contributed by atoms with Crippen LogP contribution in [0.2, 0.25) is 0 Å². The maximum Gasteiger partial charge on any atom is 0.0294 e. The molecule has 1 aliphatic rings. The van der Waals surface area contributed by atoms with Crippen LogP contribution in [0.5, 0.6) is 0 Å². The van der Waals surface area contributed by atoms with E-state index in [1.807, 2.05) is 0 Å². The van der Waals surface area contributed by atoms with Gasteiger partial charge in [0.1, 0.15) is 0 Å². The van der Waals surface area contributed by atoms with Crippen LogP contribution in [0.15, 0.2) is 24.3 Å². The first-order valence-corrected chi connectivity index (χ1v) is 8.16. The topological polar surface area (TPSA) is 26.0 Å². The molecule has 106 valence electrons. The predicted octanol–water partition coefficient (Wildman–Crippen LogP) is 5.31. The van der Waals surface area contributed by atoms with Crippen LogP contribution in [0.3, 0.4) is 0 Å². The van der Waals surface area contributed by atoms with Crippen LogP contribution in [0.4, 0.5) is 0 Å². The van der Waals surface area contributed by atoms with Gasteiger partial charge >= 0.3 is 0 Å². The van der Waals surface area contributed by atoms with E-state index in [4.69, 9.17) is 5.73 Å². The highest BCUT2D eigenvalue weighted by Crippen LogP contribution is 2.37. The van der Waals surface area contributed by atoms with Gasteiger partial charge in [-0.15, -0.1) is 0 Å². The Morgan fingerprint density at radius 3 is 2.63 bits per heavy atom. The SMILES string of the molecule is CCCCCCCC(N)c1cccc(C2CCC2)c1. The first-order valence-electron chi connectivity index (χ1n) is 8.16. The molecule has 0 radical (unpaired) electrons. The summed E-state index contributed by atoms with van der Waals surface area (Å²) in [5.41, 5.74) is 9.20. The quantitative estimate of drug-likeness (QED) is 0.629. The summed E-state index contributed by atoms with van der Waals surface area (Å²) < 4.78 is 0. The second-order valence-corrected chi connectivity index (χ2v) is 6.11. The number of nitrogens with two attached hydrogens (primary N) is 1. The first-order chi connectivity index (χ1) is 9.31. The van der Waals surface area contributed by atoms with Gasteiger partial charge in [-0.2, -0.15) is 0 Å². The van der Waals surface area contributed by atoms with Gasteiger partial charge in [0.25, 0.3) is 0 Å². The number of benzene rings is 1. The van der Waals surface area contributed by atoms with Crippen molar-refractivity contribution < 1.29 is 0 Å². The summed E-state index contributed by atoms with van der Waals surface area (Å²) in [6, 6.07) is 9.28. The molecule has 0 aliphatic heterocycles. The Labute approximate surface area is 118 Å². The first kappa shape index (κ1) is 14.6. The van der Waals surface area contributed by atoms with Crippen molar-refractivity contribution in [3.05, 3.63) is 35.4 Å². The van der Waals surface area contributed by atoms with E-state index in [1.54, 1.807) is 0 Å². The lowest BCUT2D eigenvalue weighted by Gasteiger charge is -2.26. The molecule has 0 heterocycles. The summed E-state index contributed by atoms with van der Waals surface area (Å²) in [4.78, 5) is 0. The smallest absolute Gasteiger partial charge is 0.0294 e. The third kappa shape index (κ3) is 4.35. The summed E-state index contributed by atoms with van der Waals surface area (Å²) >= 11 is 0. The zero-order chi connectivity index (χ0) is 13.5. The van der Waals surface area contributed by atoms with Crippen molar-refractivity contribution in [2.45, 2.75) is 76.7 Å². The summed E-state index contributed by atoms with van der Waals surface area (Å²) in [5, 5.41) is 0. The van der Waals surface area contributed by atoms with E-state index in [2.05, 4.69) is 31.2 Å². The van der Waals surface area contributed by atoms with E-state index < -0.39 is 0 Å². The lowest BCUT2D eigenvalue weighted by molar-refractivity contribution is 0.419. The molecule has 0 amide bonds. The molecule has 2 rings (SSSR count). The molecule has 19 heavy (non-hydrogen) atoms. The third-order valence-electron chi connectivity index (χ3n) is 4.53. The fraction of sp³-hybridized carbons (Fsp3) is 0.667. The van der Waals surface area contributed by atoms with Crippen LogP contribution in [0, 0.1) is 0 Å². The van der Waals surface area contributed by atoms with Crippen molar-refractivity contribution in [3.8, 4) is 0 Å². The minimum Gasteiger partial charge on any atom is -0.324 e. The van der Waals surface area contributed by atoms with Gasteiger partial charge in [-0.3, -0.25) is 0 Å². The largest absolute Gasteiger partial charge is 0.324 e. The van der Waals surface area contributed by atoms with E-state index in [-0.39, 0.29) is 6.04 Å². The lowest BCUT2D eigenvalue weighted by Crippen LogP contribution is -2.13. The molecule has 1 unspecified atom stereocenters. The molecule has 0 bridgehead atoms. The van der Waals surface area contributed by atoms with Gasteiger partial charge in [-0.05, 0) is 36.3 Å². The van der Waals surface area contributed by atoms with Crippen molar-refractivity contribution in [3.63, 3.8) is 0 Å². The molecule has 1 aliphatic carbocycles. The molecule has 0 aromatic heterocycles. The van der Waals surface area contributed by atoms with Crippen LogP contribution >= 0.6 is 0 Å². The van der Waals surface area contributed by atoms with Crippen molar-refractivity contribution >= 4 is 0 Å². The maximum absolute atomic E-state index is 6.34. The summed E-state index contributed by atoms with van der Waals surface area (Å²) in [5.74, 6) is 0.816. The maximum atomic E-state index is 6.34. The van der Waals surface area contributed by atoms with Crippen molar-refractivity contribution in [1.82, 2.24) is 0 Å². The molecule has 1 heteroatoms. The Morgan fingerprint density at radius 1 is 1.16 bits per heavy atom. The molecule has 0 saturated heterocycles.